The lowest BCUT2D eigenvalue weighted by Crippen LogP contribution is -2.39. The third-order valence-corrected chi connectivity index (χ3v) is 7.11. The fourth-order valence-corrected chi connectivity index (χ4v) is 5.39. The second kappa shape index (κ2) is 6.04. The van der Waals surface area contributed by atoms with Crippen molar-refractivity contribution in [1.82, 2.24) is 10.2 Å². The first kappa shape index (κ1) is 15.4. The van der Waals surface area contributed by atoms with E-state index >= 15 is 0 Å². The Kier molecular flexibility index (Phi) is 4.03. The third kappa shape index (κ3) is 2.86. The summed E-state index contributed by atoms with van der Waals surface area (Å²) in [6.45, 7) is 4.98. The van der Waals surface area contributed by atoms with Crippen molar-refractivity contribution in [3.05, 3.63) is 44.3 Å². The number of carbonyl (C=O) groups excluding carboxylic acids is 1. The second-order valence-corrected chi connectivity index (χ2v) is 8.53. The summed E-state index contributed by atoms with van der Waals surface area (Å²) in [5, 5.41) is 9.74. The van der Waals surface area contributed by atoms with Gasteiger partial charge in [-0.25, -0.2) is 0 Å². The molecule has 1 N–H and O–H groups in total. The molecular weight excluding hydrogens is 324 g/mol. The van der Waals surface area contributed by atoms with E-state index in [4.69, 9.17) is 0 Å². The lowest BCUT2D eigenvalue weighted by molar-refractivity contribution is 0.0697. The first-order valence-corrected chi connectivity index (χ1v) is 10.1. The van der Waals surface area contributed by atoms with Gasteiger partial charge in [-0.05, 0) is 84.1 Å². The topological polar surface area (TPSA) is 32.3 Å². The quantitative estimate of drug-likeness (QED) is 0.910. The van der Waals surface area contributed by atoms with Crippen LogP contribution < -0.4 is 5.32 Å². The van der Waals surface area contributed by atoms with E-state index in [2.05, 4.69) is 27.0 Å². The number of carbonyl (C=O) groups is 1. The van der Waals surface area contributed by atoms with E-state index < -0.39 is 0 Å². The molecule has 122 valence electrons. The molecule has 1 unspecified atom stereocenters. The van der Waals surface area contributed by atoms with Crippen molar-refractivity contribution < 1.29 is 4.79 Å². The molecule has 3 nitrogen and oxygen atoms in total. The Bertz CT molecular complexity index is 686. The van der Waals surface area contributed by atoms with Crippen LogP contribution >= 0.6 is 22.7 Å². The first-order valence-electron chi connectivity index (χ1n) is 8.26. The van der Waals surface area contributed by atoms with Gasteiger partial charge in [0.2, 0.25) is 0 Å². The lowest BCUT2D eigenvalue weighted by atomic mass is 9.93. The minimum atomic E-state index is 0.226. The van der Waals surface area contributed by atoms with Crippen molar-refractivity contribution in [3.8, 4) is 0 Å². The Morgan fingerprint density at radius 2 is 2.17 bits per heavy atom. The van der Waals surface area contributed by atoms with E-state index in [0.717, 1.165) is 30.1 Å². The second-order valence-electron chi connectivity index (χ2n) is 6.83. The van der Waals surface area contributed by atoms with Crippen LogP contribution in [0, 0.1) is 12.3 Å². The summed E-state index contributed by atoms with van der Waals surface area (Å²) in [6.07, 6.45) is 3.58. The number of thiophene rings is 2. The fraction of sp³-hybridized carbons (Fsp3) is 0.500. The van der Waals surface area contributed by atoms with E-state index in [9.17, 15) is 4.79 Å². The third-order valence-electron chi connectivity index (χ3n) is 5.37. The molecule has 1 aliphatic carbocycles. The summed E-state index contributed by atoms with van der Waals surface area (Å²) in [5.74, 6) is 0.226. The molecule has 2 aromatic heterocycles. The van der Waals surface area contributed by atoms with Gasteiger partial charge in [0.1, 0.15) is 0 Å². The zero-order valence-electron chi connectivity index (χ0n) is 13.4. The average Bonchev–Trinajstić information content (AvgIpc) is 2.97. The summed E-state index contributed by atoms with van der Waals surface area (Å²) in [4.78, 5) is 16.3. The number of nitrogens with zero attached hydrogens (tertiary/aromatic N) is 1. The molecule has 1 atom stereocenters. The maximum absolute atomic E-state index is 13.2. The van der Waals surface area contributed by atoms with Gasteiger partial charge in [0.15, 0.2) is 0 Å². The van der Waals surface area contributed by atoms with Crippen LogP contribution in [0.15, 0.2) is 28.3 Å². The highest BCUT2D eigenvalue weighted by molar-refractivity contribution is 7.12. The van der Waals surface area contributed by atoms with Crippen molar-refractivity contribution in [2.24, 2.45) is 5.41 Å². The molecule has 0 aromatic carbocycles. The van der Waals surface area contributed by atoms with Gasteiger partial charge in [0, 0.05) is 12.6 Å². The smallest absolute Gasteiger partial charge is 0.264 e. The Labute approximate surface area is 145 Å². The highest BCUT2D eigenvalue weighted by Crippen LogP contribution is 2.56. The molecule has 1 amide bonds. The molecule has 4 rings (SSSR count). The molecule has 23 heavy (non-hydrogen) atoms. The van der Waals surface area contributed by atoms with Crippen LogP contribution in [0.4, 0.5) is 0 Å². The van der Waals surface area contributed by atoms with Gasteiger partial charge >= 0.3 is 0 Å². The molecular formula is C18H22N2OS2. The molecule has 1 saturated carbocycles. The predicted octanol–water partition coefficient (Wildman–Crippen LogP) is 3.90. The molecule has 1 spiro atoms. The summed E-state index contributed by atoms with van der Waals surface area (Å²) >= 11 is 3.29. The van der Waals surface area contributed by atoms with Crippen LogP contribution in [0.2, 0.25) is 0 Å². The van der Waals surface area contributed by atoms with Gasteiger partial charge in [-0.15, -0.1) is 11.3 Å². The van der Waals surface area contributed by atoms with Crippen molar-refractivity contribution in [3.63, 3.8) is 0 Å². The monoisotopic (exact) mass is 346 g/mol. The van der Waals surface area contributed by atoms with Crippen LogP contribution in [-0.2, 0) is 6.54 Å². The first-order chi connectivity index (χ1) is 11.2. The molecule has 0 radical (unpaired) electrons. The lowest BCUT2D eigenvalue weighted by Gasteiger charge is -2.29. The van der Waals surface area contributed by atoms with Crippen molar-refractivity contribution in [2.75, 3.05) is 13.1 Å². The summed E-state index contributed by atoms with van der Waals surface area (Å²) in [7, 11) is 0. The van der Waals surface area contributed by atoms with Crippen LogP contribution in [0.3, 0.4) is 0 Å². The highest BCUT2D eigenvalue weighted by atomic mass is 32.1. The van der Waals surface area contributed by atoms with Gasteiger partial charge in [0.25, 0.3) is 5.91 Å². The predicted molar refractivity (Wildman–Crippen MR) is 96.2 cm³/mol. The summed E-state index contributed by atoms with van der Waals surface area (Å²) in [6, 6.07) is 4.61. The summed E-state index contributed by atoms with van der Waals surface area (Å²) in [5.41, 5.74) is 2.74. The molecule has 2 aliphatic rings. The van der Waals surface area contributed by atoms with Gasteiger partial charge in [-0.2, -0.15) is 11.3 Å². The van der Waals surface area contributed by atoms with E-state index in [1.165, 1.54) is 24.8 Å². The Morgan fingerprint density at radius 3 is 2.83 bits per heavy atom. The zero-order valence-corrected chi connectivity index (χ0v) is 15.0. The molecule has 0 bridgehead atoms. The Balaban J connectivity index is 1.59. The molecule has 2 fully saturated rings. The van der Waals surface area contributed by atoms with E-state index in [-0.39, 0.29) is 5.91 Å². The van der Waals surface area contributed by atoms with Crippen LogP contribution in [0.25, 0.3) is 0 Å². The minimum absolute atomic E-state index is 0.226. The van der Waals surface area contributed by atoms with Gasteiger partial charge in [-0.3, -0.25) is 4.79 Å². The Morgan fingerprint density at radius 1 is 1.35 bits per heavy atom. The highest BCUT2D eigenvalue weighted by Gasteiger charge is 2.57. The largest absolute Gasteiger partial charge is 0.330 e. The van der Waals surface area contributed by atoms with E-state index in [0.29, 0.717) is 11.5 Å². The summed E-state index contributed by atoms with van der Waals surface area (Å²) < 4.78 is 0. The van der Waals surface area contributed by atoms with E-state index in [1.54, 1.807) is 22.7 Å². The van der Waals surface area contributed by atoms with Crippen LogP contribution in [0.5, 0.6) is 0 Å². The van der Waals surface area contributed by atoms with Gasteiger partial charge < -0.3 is 10.2 Å². The molecule has 5 heteroatoms. The van der Waals surface area contributed by atoms with Crippen LogP contribution in [-0.4, -0.2) is 29.9 Å². The van der Waals surface area contributed by atoms with Gasteiger partial charge in [0.05, 0.1) is 4.88 Å². The maximum atomic E-state index is 13.2. The minimum Gasteiger partial charge on any atom is -0.330 e. The number of rotatable bonds is 4. The van der Waals surface area contributed by atoms with E-state index in [1.807, 2.05) is 18.4 Å². The normalized spacial score (nSPS) is 22.2. The number of nitrogens with one attached hydrogen (secondary N) is 1. The number of aryl methyl sites for hydroxylation is 1. The standard InChI is InChI=1S/C18H22N2OS2/c1-13-2-9-23-16(13)17(21)20(11-14-3-8-22-12-14)15-10-18(15)4-6-19-7-5-18/h2-3,8-9,12,15,19H,4-7,10-11H2,1H3. The van der Waals surface area contributed by atoms with Crippen molar-refractivity contribution in [1.29, 1.82) is 0 Å². The molecule has 1 saturated heterocycles. The molecule has 1 aliphatic heterocycles. The number of hydrogen-bond acceptors (Lipinski definition) is 4. The van der Waals surface area contributed by atoms with Crippen molar-refractivity contribution >= 4 is 28.6 Å². The Hall–Kier alpha value is -1.17. The zero-order chi connectivity index (χ0) is 15.9. The molecule has 3 heterocycles. The van der Waals surface area contributed by atoms with Crippen molar-refractivity contribution in [2.45, 2.75) is 38.8 Å². The number of hydrogen-bond donors (Lipinski definition) is 1. The average molecular weight is 347 g/mol. The van der Waals surface area contributed by atoms with Crippen LogP contribution in [0.1, 0.15) is 40.1 Å². The molecule has 2 aromatic rings. The SMILES string of the molecule is Cc1ccsc1C(=O)N(Cc1ccsc1)C1CC12CCNCC2. The number of piperidine rings is 1. The fourth-order valence-electron chi connectivity index (χ4n) is 3.85. The maximum Gasteiger partial charge on any atom is 0.264 e. The van der Waals surface area contributed by atoms with Gasteiger partial charge in [-0.1, -0.05) is 0 Å². The number of amides is 1.